The molecular formula is C18H14BrNO3. The van der Waals surface area contributed by atoms with Crippen LogP contribution in [0.25, 0.3) is 6.08 Å². The van der Waals surface area contributed by atoms with Crippen molar-refractivity contribution in [2.24, 2.45) is 4.99 Å². The van der Waals surface area contributed by atoms with Crippen molar-refractivity contribution in [3.8, 4) is 5.75 Å². The van der Waals surface area contributed by atoms with Crippen molar-refractivity contribution >= 4 is 33.9 Å². The van der Waals surface area contributed by atoms with E-state index in [1.54, 1.807) is 6.08 Å². The Morgan fingerprint density at radius 2 is 1.91 bits per heavy atom. The zero-order chi connectivity index (χ0) is 16.2. The van der Waals surface area contributed by atoms with Gasteiger partial charge in [0, 0.05) is 10.0 Å². The van der Waals surface area contributed by atoms with Gasteiger partial charge in [-0.05, 0) is 48.9 Å². The summed E-state index contributed by atoms with van der Waals surface area (Å²) in [6.07, 6.45) is 1.70. The molecule has 2 aromatic rings. The van der Waals surface area contributed by atoms with Gasteiger partial charge in [0.25, 0.3) is 0 Å². The Morgan fingerprint density at radius 1 is 1.17 bits per heavy atom. The highest BCUT2D eigenvalue weighted by molar-refractivity contribution is 9.10. The Morgan fingerprint density at radius 3 is 2.61 bits per heavy atom. The van der Waals surface area contributed by atoms with Crippen molar-refractivity contribution in [2.75, 3.05) is 6.61 Å². The SMILES string of the molecule is CCOc1ccc(C2=N/C(=C\c3ccccc3Br)C(=O)O2)cc1. The summed E-state index contributed by atoms with van der Waals surface area (Å²) in [5, 5.41) is 0. The average Bonchev–Trinajstić information content (AvgIpc) is 2.92. The summed E-state index contributed by atoms with van der Waals surface area (Å²) in [5.41, 5.74) is 1.88. The second-order valence-electron chi connectivity index (χ2n) is 4.81. The van der Waals surface area contributed by atoms with Crippen molar-refractivity contribution in [3.05, 3.63) is 69.8 Å². The van der Waals surface area contributed by atoms with Crippen LogP contribution in [-0.2, 0) is 9.53 Å². The Bertz CT molecular complexity index is 794. The highest BCUT2D eigenvalue weighted by atomic mass is 79.9. The number of benzene rings is 2. The number of cyclic esters (lactones) is 1. The quantitative estimate of drug-likeness (QED) is 0.597. The van der Waals surface area contributed by atoms with Gasteiger partial charge < -0.3 is 9.47 Å². The normalized spacial score (nSPS) is 15.5. The van der Waals surface area contributed by atoms with E-state index in [9.17, 15) is 4.79 Å². The molecule has 0 bridgehead atoms. The number of aliphatic imine (C=N–C) groups is 1. The molecule has 1 heterocycles. The van der Waals surface area contributed by atoms with E-state index < -0.39 is 5.97 Å². The van der Waals surface area contributed by atoms with Crippen LogP contribution in [0.15, 0.2) is 63.7 Å². The van der Waals surface area contributed by atoms with Gasteiger partial charge in [0.2, 0.25) is 5.90 Å². The predicted octanol–water partition coefficient (Wildman–Crippen LogP) is 4.19. The smallest absolute Gasteiger partial charge is 0.363 e. The number of esters is 1. The molecule has 4 nitrogen and oxygen atoms in total. The van der Waals surface area contributed by atoms with Gasteiger partial charge in [-0.25, -0.2) is 9.79 Å². The molecule has 0 unspecified atom stereocenters. The first-order valence-electron chi connectivity index (χ1n) is 7.17. The maximum atomic E-state index is 12.0. The molecule has 2 aromatic carbocycles. The minimum atomic E-state index is -0.454. The zero-order valence-corrected chi connectivity index (χ0v) is 14.0. The summed E-state index contributed by atoms with van der Waals surface area (Å²) in [5.74, 6) is 0.617. The first-order valence-corrected chi connectivity index (χ1v) is 7.97. The van der Waals surface area contributed by atoms with E-state index in [2.05, 4.69) is 20.9 Å². The van der Waals surface area contributed by atoms with Crippen LogP contribution in [0.4, 0.5) is 0 Å². The minimum absolute atomic E-state index is 0.279. The van der Waals surface area contributed by atoms with Gasteiger partial charge in [-0.2, -0.15) is 0 Å². The van der Waals surface area contributed by atoms with Crippen LogP contribution in [0, 0.1) is 0 Å². The molecule has 1 aliphatic heterocycles. The molecule has 3 rings (SSSR count). The van der Waals surface area contributed by atoms with E-state index in [1.807, 2.05) is 55.5 Å². The van der Waals surface area contributed by atoms with Gasteiger partial charge in [0.05, 0.1) is 6.61 Å². The van der Waals surface area contributed by atoms with Crippen molar-refractivity contribution in [1.29, 1.82) is 0 Å². The Hall–Kier alpha value is -2.40. The van der Waals surface area contributed by atoms with Crippen LogP contribution in [0.1, 0.15) is 18.1 Å². The molecule has 0 amide bonds. The van der Waals surface area contributed by atoms with Crippen LogP contribution >= 0.6 is 15.9 Å². The first kappa shape index (κ1) is 15.5. The number of rotatable bonds is 4. The highest BCUT2D eigenvalue weighted by Gasteiger charge is 2.24. The Labute approximate surface area is 142 Å². The van der Waals surface area contributed by atoms with Crippen LogP contribution in [0.3, 0.4) is 0 Å². The van der Waals surface area contributed by atoms with Crippen molar-refractivity contribution in [3.63, 3.8) is 0 Å². The van der Waals surface area contributed by atoms with E-state index in [0.29, 0.717) is 12.5 Å². The van der Waals surface area contributed by atoms with Gasteiger partial charge in [0.15, 0.2) is 5.70 Å². The lowest BCUT2D eigenvalue weighted by molar-refractivity contribution is -0.129. The topological polar surface area (TPSA) is 47.9 Å². The lowest BCUT2D eigenvalue weighted by atomic mass is 10.2. The van der Waals surface area contributed by atoms with E-state index >= 15 is 0 Å². The summed E-state index contributed by atoms with van der Waals surface area (Å²) in [4.78, 5) is 16.3. The first-order chi connectivity index (χ1) is 11.2. The third-order valence-corrected chi connectivity index (χ3v) is 3.95. The number of nitrogens with zero attached hydrogens (tertiary/aromatic N) is 1. The molecule has 0 radical (unpaired) electrons. The number of hydrogen-bond acceptors (Lipinski definition) is 4. The molecule has 0 atom stereocenters. The van der Waals surface area contributed by atoms with Gasteiger partial charge in [-0.15, -0.1) is 0 Å². The van der Waals surface area contributed by atoms with E-state index in [1.165, 1.54) is 0 Å². The summed E-state index contributed by atoms with van der Waals surface area (Å²) in [7, 11) is 0. The average molecular weight is 372 g/mol. The predicted molar refractivity (Wildman–Crippen MR) is 92.4 cm³/mol. The van der Waals surface area contributed by atoms with Crippen LogP contribution < -0.4 is 4.74 Å². The fourth-order valence-electron chi connectivity index (χ4n) is 2.13. The van der Waals surface area contributed by atoms with E-state index in [4.69, 9.17) is 9.47 Å². The molecule has 0 spiro atoms. The monoisotopic (exact) mass is 371 g/mol. The van der Waals surface area contributed by atoms with Crippen LogP contribution in [-0.4, -0.2) is 18.5 Å². The highest BCUT2D eigenvalue weighted by Crippen LogP contribution is 2.24. The molecule has 23 heavy (non-hydrogen) atoms. The fourth-order valence-corrected chi connectivity index (χ4v) is 2.53. The molecule has 0 saturated carbocycles. The second-order valence-corrected chi connectivity index (χ2v) is 5.67. The van der Waals surface area contributed by atoms with E-state index in [0.717, 1.165) is 21.3 Å². The molecule has 0 aromatic heterocycles. The molecular weight excluding hydrogens is 358 g/mol. The number of hydrogen-bond donors (Lipinski definition) is 0. The van der Waals surface area contributed by atoms with Crippen molar-refractivity contribution in [1.82, 2.24) is 0 Å². The summed E-state index contributed by atoms with van der Waals surface area (Å²) in [6, 6.07) is 14.9. The number of halogens is 1. The lowest BCUT2D eigenvalue weighted by Crippen LogP contribution is -2.05. The van der Waals surface area contributed by atoms with Gasteiger partial charge in [0.1, 0.15) is 5.75 Å². The molecule has 0 aliphatic carbocycles. The van der Waals surface area contributed by atoms with Crippen molar-refractivity contribution < 1.29 is 14.3 Å². The summed E-state index contributed by atoms with van der Waals surface area (Å²) < 4.78 is 11.5. The lowest BCUT2D eigenvalue weighted by Gasteiger charge is -2.03. The maximum Gasteiger partial charge on any atom is 0.363 e. The van der Waals surface area contributed by atoms with Gasteiger partial charge in [-0.3, -0.25) is 0 Å². The van der Waals surface area contributed by atoms with Crippen LogP contribution in [0.2, 0.25) is 0 Å². The number of carbonyl (C=O) groups is 1. The number of ether oxygens (including phenoxy) is 2. The van der Waals surface area contributed by atoms with Gasteiger partial charge in [-0.1, -0.05) is 34.1 Å². The summed E-state index contributed by atoms with van der Waals surface area (Å²) in [6.45, 7) is 2.53. The van der Waals surface area contributed by atoms with Crippen LogP contribution in [0.5, 0.6) is 5.75 Å². The molecule has 5 heteroatoms. The molecule has 0 saturated heterocycles. The molecule has 0 fully saturated rings. The van der Waals surface area contributed by atoms with Gasteiger partial charge >= 0.3 is 5.97 Å². The van der Waals surface area contributed by atoms with Crippen molar-refractivity contribution in [2.45, 2.75) is 6.92 Å². The maximum absolute atomic E-state index is 12.0. The molecule has 0 N–H and O–H groups in total. The summed E-state index contributed by atoms with van der Waals surface area (Å²) >= 11 is 3.45. The van der Waals surface area contributed by atoms with E-state index in [-0.39, 0.29) is 5.70 Å². The Kier molecular flexibility index (Phi) is 4.57. The third kappa shape index (κ3) is 3.51. The molecule has 1 aliphatic rings. The second kappa shape index (κ2) is 6.79. The fraction of sp³-hybridized carbons (Fsp3) is 0.111. The number of carbonyl (C=O) groups excluding carboxylic acids is 1. The Balaban J connectivity index is 1.88. The third-order valence-electron chi connectivity index (χ3n) is 3.23. The largest absolute Gasteiger partial charge is 0.494 e. The standard InChI is InChI=1S/C18H14BrNO3/c1-2-22-14-9-7-12(8-10-14)17-20-16(18(21)23-17)11-13-5-3-4-6-15(13)19/h3-11H,2H2,1H3/b16-11-. The minimum Gasteiger partial charge on any atom is -0.494 e. The zero-order valence-electron chi connectivity index (χ0n) is 12.5. The molecule has 116 valence electrons.